The summed E-state index contributed by atoms with van der Waals surface area (Å²) < 4.78 is 86.0. The molecule has 0 radical (unpaired) electrons. The molecule has 2 saturated heterocycles. The Kier molecular flexibility index (Phi) is 7.51. The standard InChI is InChI=1S/C27H27F6N3O2/c1-18(19-12-21(26(28,29)30)14-22(13-19)27(31,32)33)38-17-25(20-6-3-2-4-7-20)10-9-24(15-34,16-35-25)36-11-5-8-23(36)37/h2-4,6-7,12-14,18,35H,5,8-11,16-17H2,1H3/t18-,24+,25-/m1/s1. The zero-order valence-corrected chi connectivity index (χ0v) is 20.6. The molecule has 5 nitrogen and oxygen atoms in total. The van der Waals surface area contributed by atoms with E-state index in [1.807, 2.05) is 18.2 Å². The molecule has 204 valence electrons. The number of carbonyl (C=O) groups excluding carboxylic acids is 1. The average Bonchev–Trinajstić information content (AvgIpc) is 3.33. The highest BCUT2D eigenvalue weighted by Gasteiger charge is 2.49. The normalized spacial score (nSPS) is 25.3. The Hall–Kier alpha value is -3.10. The van der Waals surface area contributed by atoms with Crippen molar-refractivity contribution < 1.29 is 35.9 Å². The number of nitrogens with one attached hydrogen (secondary N) is 1. The third-order valence-electron chi connectivity index (χ3n) is 7.47. The van der Waals surface area contributed by atoms with Crippen LogP contribution in [-0.2, 0) is 27.4 Å². The first-order valence-corrected chi connectivity index (χ1v) is 12.2. The van der Waals surface area contributed by atoms with E-state index in [4.69, 9.17) is 4.74 Å². The van der Waals surface area contributed by atoms with E-state index in [0.717, 1.165) is 5.56 Å². The molecule has 2 fully saturated rings. The second-order valence-corrected chi connectivity index (χ2v) is 9.89. The molecule has 38 heavy (non-hydrogen) atoms. The van der Waals surface area contributed by atoms with Crippen LogP contribution < -0.4 is 5.32 Å². The van der Waals surface area contributed by atoms with Gasteiger partial charge in [-0.15, -0.1) is 0 Å². The lowest BCUT2D eigenvalue weighted by molar-refractivity contribution is -0.143. The fraction of sp³-hybridized carbons (Fsp3) is 0.481. The molecule has 0 spiro atoms. The van der Waals surface area contributed by atoms with E-state index >= 15 is 0 Å². The quantitative estimate of drug-likeness (QED) is 0.460. The van der Waals surface area contributed by atoms with E-state index in [9.17, 15) is 36.4 Å². The number of nitrogens with zero attached hydrogens (tertiary/aromatic N) is 2. The maximum absolute atomic E-state index is 13.3. The van der Waals surface area contributed by atoms with Crippen molar-refractivity contribution in [3.05, 3.63) is 70.8 Å². The molecule has 0 unspecified atom stereocenters. The van der Waals surface area contributed by atoms with Gasteiger partial charge in [0.2, 0.25) is 5.91 Å². The number of nitriles is 1. The Labute approximate surface area is 216 Å². The van der Waals surface area contributed by atoms with Crippen molar-refractivity contribution in [3.63, 3.8) is 0 Å². The zero-order valence-electron chi connectivity index (χ0n) is 20.6. The van der Waals surface area contributed by atoms with Gasteiger partial charge < -0.3 is 15.0 Å². The first kappa shape index (κ1) is 27.9. The zero-order chi connectivity index (χ0) is 27.8. The first-order chi connectivity index (χ1) is 17.8. The van der Waals surface area contributed by atoms with Gasteiger partial charge >= 0.3 is 12.4 Å². The molecule has 3 atom stereocenters. The van der Waals surface area contributed by atoms with E-state index < -0.39 is 40.7 Å². The predicted octanol–water partition coefficient (Wildman–Crippen LogP) is 5.97. The van der Waals surface area contributed by atoms with Crippen molar-refractivity contribution in [2.24, 2.45) is 0 Å². The Morgan fingerprint density at radius 2 is 1.68 bits per heavy atom. The van der Waals surface area contributed by atoms with Gasteiger partial charge in [-0.1, -0.05) is 30.3 Å². The molecule has 1 N–H and O–H groups in total. The number of alkyl halides is 6. The molecule has 0 aromatic heterocycles. The van der Waals surface area contributed by atoms with Crippen LogP contribution in [0.4, 0.5) is 26.3 Å². The fourth-order valence-electron chi connectivity index (χ4n) is 5.19. The summed E-state index contributed by atoms with van der Waals surface area (Å²) in [6.07, 6.45) is -9.27. The summed E-state index contributed by atoms with van der Waals surface area (Å²) in [6, 6.07) is 12.8. The molecule has 2 aliphatic rings. The molecule has 2 aromatic rings. The summed E-state index contributed by atoms with van der Waals surface area (Å²) in [5.41, 5.74) is -4.17. The molecule has 11 heteroatoms. The number of likely N-dealkylation sites (tertiary alicyclic amines) is 1. The largest absolute Gasteiger partial charge is 0.416 e. The van der Waals surface area contributed by atoms with Crippen molar-refractivity contribution >= 4 is 5.91 Å². The Morgan fingerprint density at radius 3 is 2.16 bits per heavy atom. The Morgan fingerprint density at radius 1 is 1.05 bits per heavy atom. The van der Waals surface area contributed by atoms with Gasteiger partial charge in [0.05, 0.1) is 35.4 Å². The first-order valence-electron chi connectivity index (χ1n) is 12.2. The third kappa shape index (κ3) is 5.52. The molecule has 2 aromatic carbocycles. The maximum Gasteiger partial charge on any atom is 0.416 e. The molecule has 0 bridgehead atoms. The number of piperidine rings is 1. The van der Waals surface area contributed by atoms with Gasteiger partial charge in [-0.25, -0.2) is 0 Å². The predicted molar refractivity (Wildman–Crippen MR) is 125 cm³/mol. The fourth-order valence-corrected chi connectivity index (χ4v) is 5.19. The van der Waals surface area contributed by atoms with Crippen LogP contribution in [0.1, 0.15) is 61.0 Å². The Balaban J connectivity index is 1.60. The molecular formula is C27H27F6N3O2. The maximum atomic E-state index is 13.3. The van der Waals surface area contributed by atoms with Crippen LogP contribution in [-0.4, -0.2) is 36.0 Å². The smallest absolute Gasteiger partial charge is 0.372 e. The number of amides is 1. The minimum absolute atomic E-state index is 0.0781. The molecule has 2 heterocycles. The van der Waals surface area contributed by atoms with Crippen LogP contribution in [0.3, 0.4) is 0 Å². The van der Waals surface area contributed by atoms with Crippen LogP contribution in [0.2, 0.25) is 0 Å². The van der Waals surface area contributed by atoms with Crippen LogP contribution in [0, 0.1) is 11.3 Å². The highest BCUT2D eigenvalue weighted by Crippen LogP contribution is 2.41. The molecule has 4 rings (SSSR count). The number of hydrogen-bond donors (Lipinski definition) is 1. The van der Waals surface area contributed by atoms with Gasteiger partial charge in [0.25, 0.3) is 0 Å². The molecular weight excluding hydrogens is 512 g/mol. The summed E-state index contributed by atoms with van der Waals surface area (Å²) in [6.45, 7) is 1.95. The van der Waals surface area contributed by atoms with Crippen LogP contribution in [0.15, 0.2) is 48.5 Å². The van der Waals surface area contributed by atoms with Gasteiger partial charge in [-0.3, -0.25) is 4.79 Å². The molecule has 2 aliphatic heterocycles. The number of benzene rings is 2. The van der Waals surface area contributed by atoms with Gasteiger partial charge in [0, 0.05) is 19.5 Å². The second kappa shape index (κ2) is 10.2. The van der Waals surface area contributed by atoms with E-state index in [-0.39, 0.29) is 30.7 Å². The van der Waals surface area contributed by atoms with E-state index in [1.165, 1.54) is 6.92 Å². The number of hydrogen-bond acceptors (Lipinski definition) is 4. The van der Waals surface area contributed by atoms with Gasteiger partial charge in [-0.05, 0) is 55.5 Å². The highest BCUT2D eigenvalue weighted by molar-refractivity contribution is 5.79. The van der Waals surface area contributed by atoms with Crippen LogP contribution in [0.5, 0.6) is 0 Å². The number of rotatable bonds is 6. The second-order valence-electron chi connectivity index (χ2n) is 9.89. The SMILES string of the molecule is C[C@@H](OC[C@@]1(c2ccccc2)CC[C@@](C#N)(N2CCCC2=O)CN1)c1cc(C(F)(F)F)cc(C(F)(F)F)c1. The van der Waals surface area contributed by atoms with Crippen LogP contribution in [0.25, 0.3) is 0 Å². The van der Waals surface area contributed by atoms with Gasteiger partial charge in [-0.2, -0.15) is 31.6 Å². The van der Waals surface area contributed by atoms with E-state index in [1.54, 1.807) is 17.0 Å². The topological polar surface area (TPSA) is 65.4 Å². The lowest BCUT2D eigenvalue weighted by atomic mass is 9.76. The van der Waals surface area contributed by atoms with Crippen molar-refractivity contribution in [1.82, 2.24) is 10.2 Å². The lowest BCUT2D eigenvalue weighted by Gasteiger charge is -2.48. The van der Waals surface area contributed by atoms with Crippen molar-refractivity contribution in [3.8, 4) is 6.07 Å². The Bertz CT molecular complexity index is 1170. The lowest BCUT2D eigenvalue weighted by Crippen LogP contribution is -2.64. The number of carbonyl (C=O) groups is 1. The minimum Gasteiger partial charge on any atom is -0.372 e. The van der Waals surface area contributed by atoms with Gasteiger partial charge in [0.15, 0.2) is 0 Å². The number of ether oxygens (including phenoxy) is 1. The summed E-state index contributed by atoms with van der Waals surface area (Å²) >= 11 is 0. The number of halogens is 6. The average molecular weight is 540 g/mol. The van der Waals surface area contributed by atoms with Crippen LogP contribution >= 0.6 is 0 Å². The molecule has 1 amide bonds. The third-order valence-corrected chi connectivity index (χ3v) is 7.47. The van der Waals surface area contributed by atoms with Gasteiger partial charge in [0.1, 0.15) is 5.54 Å². The summed E-state index contributed by atoms with van der Waals surface area (Å²) in [7, 11) is 0. The highest BCUT2D eigenvalue weighted by atomic mass is 19.4. The summed E-state index contributed by atoms with van der Waals surface area (Å²) in [5.74, 6) is -0.0875. The van der Waals surface area contributed by atoms with Crippen molar-refractivity contribution in [1.29, 1.82) is 5.26 Å². The van der Waals surface area contributed by atoms with Crippen molar-refractivity contribution in [2.75, 3.05) is 19.7 Å². The molecule has 0 aliphatic carbocycles. The van der Waals surface area contributed by atoms with E-state index in [2.05, 4.69) is 11.4 Å². The van der Waals surface area contributed by atoms with Crippen molar-refractivity contribution in [2.45, 2.75) is 62.1 Å². The summed E-state index contributed by atoms with van der Waals surface area (Å²) in [4.78, 5) is 14.0. The van der Waals surface area contributed by atoms with E-state index in [0.29, 0.717) is 44.4 Å². The monoisotopic (exact) mass is 539 g/mol. The summed E-state index contributed by atoms with van der Waals surface area (Å²) in [5, 5.41) is 13.4. The molecule has 0 saturated carbocycles. The minimum atomic E-state index is -4.96.